The molecular formula is C20H21BrN4O2S. The highest BCUT2D eigenvalue weighted by molar-refractivity contribution is 9.10. The number of nitrogens with zero attached hydrogens (tertiary/aromatic N) is 3. The van der Waals surface area contributed by atoms with E-state index in [9.17, 15) is 9.90 Å². The molecule has 0 spiro atoms. The lowest BCUT2D eigenvalue weighted by Crippen LogP contribution is -2.27. The first-order valence-corrected chi connectivity index (χ1v) is 10.7. The lowest BCUT2D eigenvalue weighted by atomic mass is 10.1. The fourth-order valence-corrected chi connectivity index (χ4v) is 3.93. The maximum atomic E-state index is 12.1. The van der Waals surface area contributed by atoms with Crippen molar-refractivity contribution in [3.05, 3.63) is 58.6 Å². The molecule has 2 aromatic carbocycles. The molecule has 0 atom stereocenters. The molecule has 2 N–H and O–H groups in total. The molecule has 0 aliphatic heterocycles. The Labute approximate surface area is 176 Å². The first kappa shape index (κ1) is 20.4. The zero-order valence-corrected chi connectivity index (χ0v) is 17.8. The quantitative estimate of drug-likeness (QED) is 0.498. The Bertz CT molecular complexity index is 947. The lowest BCUT2D eigenvalue weighted by molar-refractivity contribution is -0.118. The van der Waals surface area contributed by atoms with Gasteiger partial charge < -0.3 is 15.0 Å². The number of phenols is 1. The van der Waals surface area contributed by atoms with Crippen LogP contribution in [-0.4, -0.2) is 38.1 Å². The smallest absolute Gasteiger partial charge is 0.230 e. The Hall–Kier alpha value is -2.32. The number of halogens is 1. The minimum Gasteiger partial charge on any atom is -0.507 e. The van der Waals surface area contributed by atoms with E-state index in [1.807, 2.05) is 41.8 Å². The summed E-state index contributed by atoms with van der Waals surface area (Å²) in [5, 5.41) is 22.2. The van der Waals surface area contributed by atoms with Crippen LogP contribution in [0.3, 0.4) is 0 Å². The zero-order chi connectivity index (χ0) is 19.9. The topological polar surface area (TPSA) is 80.0 Å². The number of benzene rings is 2. The maximum absolute atomic E-state index is 12.1. The SMILES string of the molecule is CCn1c(SCC(=O)NCCc2ccccc2)nnc1-c1cc(Br)ccc1O. The number of amides is 1. The summed E-state index contributed by atoms with van der Waals surface area (Å²) in [5.41, 5.74) is 1.79. The van der Waals surface area contributed by atoms with Gasteiger partial charge in [-0.3, -0.25) is 4.79 Å². The van der Waals surface area contributed by atoms with E-state index < -0.39 is 0 Å². The Morgan fingerprint density at radius 3 is 2.75 bits per heavy atom. The number of nitrogens with one attached hydrogen (secondary N) is 1. The number of aromatic hydroxyl groups is 1. The van der Waals surface area contributed by atoms with Gasteiger partial charge in [-0.05, 0) is 37.1 Å². The zero-order valence-electron chi connectivity index (χ0n) is 15.4. The van der Waals surface area contributed by atoms with Crippen LogP contribution in [-0.2, 0) is 17.8 Å². The number of phenolic OH excluding ortho intramolecular Hbond substituents is 1. The predicted molar refractivity (Wildman–Crippen MR) is 114 cm³/mol. The van der Waals surface area contributed by atoms with E-state index in [4.69, 9.17) is 0 Å². The van der Waals surface area contributed by atoms with Crippen molar-refractivity contribution in [3.8, 4) is 17.1 Å². The monoisotopic (exact) mass is 460 g/mol. The van der Waals surface area contributed by atoms with Crippen LogP contribution in [0.15, 0.2) is 58.2 Å². The molecule has 3 aromatic rings. The van der Waals surface area contributed by atoms with Crippen molar-refractivity contribution in [2.45, 2.75) is 25.0 Å². The van der Waals surface area contributed by atoms with Gasteiger partial charge in [-0.25, -0.2) is 0 Å². The summed E-state index contributed by atoms with van der Waals surface area (Å²) in [7, 11) is 0. The minimum atomic E-state index is -0.0431. The van der Waals surface area contributed by atoms with Crippen LogP contribution in [0, 0.1) is 0 Å². The number of carbonyl (C=O) groups is 1. The Balaban J connectivity index is 1.59. The number of rotatable bonds is 8. The van der Waals surface area contributed by atoms with Crippen molar-refractivity contribution in [2.75, 3.05) is 12.3 Å². The highest BCUT2D eigenvalue weighted by Gasteiger charge is 2.17. The van der Waals surface area contributed by atoms with Crippen LogP contribution in [0.2, 0.25) is 0 Å². The fraction of sp³-hybridized carbons (Fsp3) is 0.250. The van der Waals surface area contributed by atoms with Crippen molar-refractivity contribution in [3.63, 3.8) is 0 Å². The van der Waals surface area contributed by atoms with Crippen molar-refractivity contribution in [1.29, 1.82) is 0 Å². The van der Waals surface area contributed by atoms with E-state index in [-0.39, 0.29) is 17.4 Å². The third kappa shape index (κ3) is 5.14. The molecule has 0 radical (unpaired) electrons. The molecule has 8 heteroatoms. The van der Waals surface area contributed by atoms with Gasteiger partial charge in [-0.15, -0.1) is 10.2 Å². The van der Waals surface area contributed by atoms with Crippen LogP contribution in [0.25, 0.3) is 11.4 Å². The van der Waals surface area contributed by atoms with E-state index in [1.165, 1.54) is 17.3 Å². The molecule has 0 unspecified atom stereocenters. The number of carbonyl (C=O) groups excluding carboxylic acids is 1. The molecule has 28 heavy (non-hydrogen) atoms. The van der Waals surface area contributed by atoms with E-state index in [1.54, 1.807) is 18.2 Å². The number of hydrogen-bond acceptors (Lipinski definition) is 5. The molecule has 1 amide bonds. The van der Waals surface area contributed by atoms with Gasteiger partial charge in [-0.1, -0.05) is 58.0 Å². The third-order valence-electron chi connectivity index (χ3n) is 4.14. The molecular weight excluding hydrogens is 440 g/mol. The third-order valence-corrected chi connectivity index (χ3v) is 5.60. The first-order chi connectivity index (χ1) is 13.6. The molecule has 0 aliphatic carbocycles. The molecule has 0 aliphatic rings. The van der Waals surface area contributed by atoms with Gasteiger partial charge in [0.1, 0.15) is 5.75 Å². The number of thioether (sulfide) groups is 1. The molecule has 0 bridgehead atoms. The van der Waals surface area contributed by atoms with E-state index in [0.717, 1.165) is 10.9 Å². The van der Waals surface area contributed by atoms with Crippen molar-refractivity contribution < 1.29 is 9.90 Å². The standard InChI is InChI=1S/C20H21BrN4O2S/c1-2-25-19(16-12-15(21)8-9-17(16)26)23-24-20(25)28-13-18(27)22-11-10-14-6-4-3-5-7-14/h3-9,12,26H,2,10-11,13H2,1H3,(H,22,27). The minimum absolute atomic E-state index is 0.0431. The highest BCUT2D eigenvalue weighted by Crippen LogP contribution is 2.32. The molecule has 0 saturated carbocycles. The predicted octanol–water partition coefficient (Wildman–Crippen LogP) is 3.88. The average Bonchev–Trinajstić information content (AvgIpc) is 3.11. The van der Waals surface area contributed by atoms with Crippen molar-refractivity contribution in [2.24, 2.45) is 0 Å². The van der Waals surface area contributed by atoms with Crippen LogP contribution >= 0.6 is 27.7 Å². The Morgan fingerprint density at radius 1 is 1.21 bits per heavy atom. The summed E-state index contributed by atoms with van der Waals surface area (Å²) in [5.74, 6) is 0.935. The van der Waals surface area contributed by atoms with Gasteiger partial charge in [0.05, 0.1) is 11.3 Å². The molecule has 6 nitrogen and oxygen atoms in total. The Kier molecular flexibility index (Phi) is 7.11. The summed E-state index contributed by atoms with van der Waals surface area (Å²) < 4.78 is 2.74. The van der Waals surface area contributed by atoms with Gasteiger partial charge in [0.15, 0.2) is 11.0 Å². The average molecular weight is 461 g/mol. The summed E-state index contributed by atoms with van der Waals surface area (Å²) in [4.78, 5) is 12.1. The molecule has 1 aromatic heterocycles. The van der Waals surface area contributed by atoms with Gasteiger partial charge >= 0.3 is 0 Å². The Morgan fingerprint density at radius 2 is 2.00 bits per heavy atom. The van der Waals surface area contributed by atoms with Crippen LogP contribution < -0.4 is 5.32 Å². The van der Waals surface area contributed by atoms with Crippen LogP contribution in [0.4, 0.5) is 0 Å². The van der Waals surface area contributed by atoms with E-state index in [0.29, 0.717) is 29.6 Å². The second-order valence-corrected chi connectivity index (χ2v) is 7.94. The summed E-state index contributed by atoms with van der Waals surface area (Å²) in [6.45, 7) is 3.21. The van der Waals surface area contributed by atoms with Gasteiger partial charge in [0.2, 0.25) is 5.91 Å². The molecule has 0 fully saturated rings. The molecule has 3 rings (SSSR count). The van der Waals surface area contributed by atoms with Crippen molar-refractivity contribution in [1.82, 2.24) is 20.1 Å². The highest BCUT2D eigenvalue weighted by atomic mass is 79.9. The number of aromatic nitrogens is 3. The van der Waals surface area contributed by atoms with Crippen LogP contribution in [0.5, 0.6) is 5.75 Å². The fourth-order valence-electron chi connectivity index (χ4n) is 2.74. The lowest BCUT2D eigenvalue weighted by Gasteiger charge is -2.09. The van der Waals surface area contributed by atoms with Crippen molar-refractivity contribution >= 4 is 33.6 Å². The van der Waals surface area contributed by atoms with E-state index in [2.05, 4.69) is 31.4 Å². The molecule has 0 saturated heterocycles. The summed E-state index contributed by atoms with van der Waals surface area (Å²) >= 11 is 4.75. The van der Waals surface area contributed by atoms with Gasteiger partial charge in [0.25, 0.3) is 0 Å². The van der Waals surface area contributed by atoms with Crippen LogP contribution in [0.1, 0.15) is 12.5 Å². The molecule has 1 heterocycles. The second kappa shape index (κ2) is 9.75. The second-order valence-electron chi connectivity index (χ2n) is 6.09. The normalized spacial score (nSPS) is 10.8. The van der Waals surface area contributed by atoms with Gasteiger partial charge in [-0.2, -0.15) is 0 Å². The maximum Gasteiger partial charge on any atom is 0.230 e. The first-order valence-electron chi connectivity index (χ1n) is 8.94. The summed E-state index contributed by atoms with van der Waals surface area (Å²) in [6, 6.07) is 15.2. The largest absolute Gasteiger partial charge is 0.507 e. The van der Waals surface area contributed by atoms with Gasteiger partial charge in [0, 0.05) is 17.6 Å². The van der Waals surface area contributed by atoms with E-state index >= 15 is 0 Å². The summed E-state index contributed by atoms with van der Waals surface area (Å²) in [6.07, 6.45) is 0.800. The molecule has 146 valence electrons. The number of hydrogen-bond donors (Lipinski definition) is 2.